The van der Waals surface area contributed by atoms with Crippen LogP contribution in [-0.4, -0.2) is 6.54 Å². The number of nitrogens with one attached hydrogen (secondary N) is 1. The third kappa shape index (κ3) is 3.21. The maximum atomic E-state index is 3.60. The fourth-order valence-electron chi connectivity index (χ4n) is 1.50. The third-order valence-corrected chi connectivity index (χ3v) is 3.59. The van der Waals surface area contributed by atoms with Crippen molar-refractivity contribution >= 4 is 38.5 Å². The lowest BCUT2D eigenvalue weighted by atomic mass is 10.0. The van der Waals surface area contributed by atoms with E-state index in [0.717, 1.165) is 13.0 Å². The summed E-state index contributed by atoms with van der Waals surface area (Å²) in [7, 11) is 0. The minimum absolute atomic E-state index is 0.462. The highest BCUT2D eigenvalue weighted by Crippen LogP contribution is 2.27. The van der Waals surface area contributed by atoms with Crippen LogP contribution >= 0.6 is 38.5 Å². The minimum Gasteiger partial charge on any atom is -0.310 e. The standard InChI is InChI=1S/C11H15BrIN/c1-3-11(14-4-2)9-7-8(13)5-6-10(9)12/h5-7,11,14H,3-4H2,1-2H3. The van der Waals surface area contributed by atoms with Crippen molar-refractivity contribution in [2.45, 2.75) is 26.3 Å². The molecule has 1 rings (SSSR count). The van der Waals surface area contributed by atoms with Gasteiger partial charge in [0.25, 0.3) is 0 Å². The molecule has 0 aliphatic rings. The molecule has 1 aromatic rings. The summed E-state index contributed by atoms with van der Waals surface area (Å²) in [5, 5.41) is 3.48. The molecule has 0 heterocycles. The van der Waals surface area contributed by atoms with Gasteiger partial charge in [0, 0.05) is 14.1 Å². The first-order chi connectivity index (χ1) is 6.69. The van der Waals surface area contributed by atoms with Crippen LogP contribution in [0.4, 0.5) is 0 Å². The number of benzene rings is 1. The van der Waals surface area contributed by atoms with Gasteiger partial charge < -0.3 is 5.32 Å². The zero-order chi connectivity index (χ0) is 10.6. The van der Waals surface area contributed by atoms with Crippen LogP contribution in [-0.2, 0) is 0 Å². The van der Waals surface area contributed by atoms with Gasteiger partial charge in [-0.25, -0.2) is 0 Å². The van der Waals surface area contributed by atoms with Crippen molar-refractivity contribution in [1.82, 2.24) is 5.32 Å². The molecule has 0 aliphatic carbocycles. The minimum atomic E-state index is 0.462. The van der Waals surface area contributed by atoms with Crippen molar-refractivity contribution in [2.75, 3.05) is 6.54 Å². The summed E-state index contributed by atoms with van der Waals surface area (Å²) in [5.41, 5.74) is 1.36. The second-order valence-corrected chi connectivity index (χ2v) is 5.28. The van der Waals surface area contributed by atoms with E-state index in [4.69, 9.17) is 0 Å². The largest absolute Gasteiger partial charge is 0.310 e. The Balaban J connectivity index is 2.96. The molecule has 0 saturated carbocycles. The van der Waals surface area contributed by atoms with E-state index in [9.17, 15) is 0 Å². The molecule has 0 fully saturated rings. The number of hydrogen-bond donors (Lipinski definition) is 1. The van der Waals surface area contributed by atoms with Gasteiger partial charge in [0.1, 0.15) is 0 Å². The van der Waals surface area contributed by atoms with Gasteiger partial charge in [-0.1, -0.05) is 29.8 Å². The Labute approximate surface area is 108 Å². The quantitative estimate of drug-likeness (QED) is 0.789. The predicted octanol–water partition coefficient (Wildman–Crippen LogP) is 4.11. The van der Waals surface area contributed by atoms with E-state index in [0.29, 0.717) is 6.04 Å². The van der Waals surface area contributed by atoms with Gasteiger partial charge in [0.15, 0.2) is 0 Å². The highest BCUT2D eigenvalue weighted by molar-refractivity contribution is 14.1. The van der Waals surface area contributed by atoms with Crippen molar-refractivity contribution in [3.05, 3.63) is 31.8 Å². The van der Waals surface area contributed by atoms with E-state index in [1.165, 1.54) is 13.6 Å². The van der Waals surface area contributed by atoms with E-state index in [1.807, 2.05) is 0 Å². The molecule has 1 aromatic carbocycles. The Morgan fingerprint density at radius 1 is 1.43 bits per heavy atom. The van der Waals surface area contributed by atoms with E-state index in [-0.39, 0.29) is 0 Å². The summed E-state index contributed by atoms with van der Waals surface area (Å²) in [6, 6.07) is 6.94. The van der Waals surface area contributed by atoms with Crippen LogP contribution in [0.3, 0.4) is 0 Å². The van der Waals surface area contributed by atoms with Crippen LogP contribution in [0, 0.1) is 3.57 Å². The summed E-state index contributed by atoms with van der Waals surface area (Å²) in [6.45, 7) is 5.36. The van der Waals surface area contributed by atoms with Crippen LogP contribution in [0.1, 0.15) is 31.9 Å². The lowest BCUT2D eigenvalue weighted by Gasteiger charge is -2.18. The van der Waals surface area contributed by atoms with Gasteiger partial charge in [-0.2, -0.15) is 0 Å². The molecule has 0 bridgehead atoms. The van der Waals surface area contributed by atoms with Crippen molar-refractivity contribution in [1.29, 1.82) is 0 Å². The van der Waals surface area contributed by atoms with Crippen LogP contribution in [0.2, 0.25) is 0 Å². The summed E-state index contributed by atoms with van der Waals surface area (Å²) in [4.78, 5) is 0. The molecular formula is C11H15BrIN. The topological polar surface area (TPSA) is 12.0 Å². The summed E-state index contributed by atoms with van der Waals surface area (Å²) < 4.78 is 2.49. The van der Waals surface area contributed by atoms with Crippen molar-refractivity contribution < 1.29 is 0 Å². The lowest BCUT2D eigenvalue weighted by molar-refractivity contribution is 0.535. The third-order valence-electron chi connectivity index (χ3n) is 2.19. The summed E-state index contributed by atoms with van der Waals surface area (Å²) >= 11 is 5.95. The van der Waals surface area contributed by atoms with Gasteiger partial charge in [0.2, 0.25) is 0 Å². The molecule has 0 radical (unpaired) electrons. The molecule has 0 amide bonds. The Morgan fingerprint density at radius 3 is 2.71 bits per heavy atom. The van der Waals surface area contributed by atoms with Gasteiger partial charge in [-0.15, -0.1) is 0 Å². The average molecular weight is 368 g/mol. The summed E-state index contributed by atoms with van der Waals surface area (Å²) in [6.07, 6.45) is 1.12. The number of rotatable bonds is 4. The van der Waals surface area contributed by atoms with E-state index in [1.54, 1.807) is 0 Å². The Bertz CT molecular complexity index is 301. The van der Waals surface area contributed by atoms with Gasteiger partial charge in [-0.3, -0.25) is 0 Å². The monoisotopic (exact) mass is 367 g/mol. The normalized spacial score (nSPS) is 12.9. The zero-order valence-electron chi connectivity index (χ0n) is 8.48. The van der Waals surface area contributed by atoms with E-state index in [2.05, 4.69) is 75.9 Å². The molecule has 78 valence electrons. The number of halogens is 2. The number of hydrogen-bond acceptors (Lipinski definition) is 1. The van der Waals surface area contributed by atoms with Crippen LogP contribution in [0.5, 0.6) is 0 Å². The molecular weight excluding hydrogens is 353 g/mol. The molecule has 1 N–H and O–H groups in total. The van der Waals surface area contributed by atoms with E-state index >= 15 is 0 Å². The first-order valence-electron chi connectivity index (χ1n) is 4.87. The van der Waals surface area contributed by atoms with Gasteiger partial charge in [0.05, 0.1) is 0 Å². The second-order valence-electron chi connectivity index (χ2n) is 3.18. The predicted molar refractivity (Wildman–Crippen MR) is 73.6 cm³/mol. The van der Waals surface area contributed by atoms with Crippen molar-refractivity contribution in [3.8, 4) is 0 Å². The van der Waals surface area contributed by atoms with Crippen LogP contribution in [0.15, 0.2) is 22.7 Å². The van der Waals surface area contributed by atoms with Gasteiger partial charge in [-0.05, 0) is 59.3 Å². The van der Waals surface area contributed by atoms with E-state index < -0.39 is 0 Å². The summed E-state index contributed by atoms with van der Waals surface area (Å²) in [5.74, 6) is 0. The molecule has 1 atom stereocenters. The lowest BCUT2D eigenvalue weighted by Crippen LogP contribution is -2.20. The van der Waals surface area contributed by atoms with Crippen molar-refractivity contribution in [2.24, 2.45) is 0 Å². The molecule has 1 unspecified atom stereocenters. The molecule has 1 nitrogen and oxygen atoms in total. The Kier molecular flexibility index (Phi) is 5.41. The molecule has 0 aliphatic heterocycles. The highest BCUT2D eigenvalue weighted by Gasteiger charge is 2.11. The molecule has 3 heteroatoms. The average Bonchev–Trinajstić information content (AvgIpc) is 2.18. The Morgan fingerprint density at radius 2 is 2.14 bits per heavy atom. The molecule has 14 heavy (non-hydrogen) atoms. The Hall–Kier alpha value is 0.390. The fraction of sp³-hybridized carbons (Fsp3) is 0.455. The smallest absolute Gasteiger partial charge is 0.0329 e. The SMILES string of the molecule is CCNC(CC)c1cc(I)ccc1Br. The maximum Gasteiger partial charge on any atom is 0.0329 e. The zero-order valence-corrected chi connectivity index (χ0v) is 12.2. The van der Waals surface area contributed by atoms with Crippen LogP contribution < -0.4 is 5.32 Å². The van der Waals surface area contributed by atoms with Crippen LogP contribution in [0.25, 0.3) is 0 Å². The molecule has 0 saturated heterocycles. The second kappa shape index (κ2) is 6.08. The van der Waals surface area contributed by atoms with Crippen molar-refractivity contribution in [3.63, 3.8) is 0 Å². The highest BCUT2D eigenvalue weighted by atomic mass is 127. The molecule has 0 spiro atoms. The first kappa shape index (κ1) is 12.5. The molecule has 0 aromatic heterocycles. The first-order valence-corrected chi connectivity index (χ1v) is 6.74. The maximum absolute atomic E-state index is 3.60. The van der Waals surface area contributed by atoms with Gasteiger partial charge >= 0.3 is 0 Å². The fourth-order valence-corrected chi connectivity index (χ4v) is 2.54.